The Labute approximate surface area is 146 Å². The van der Waals surface area contributed by atoms with Crippen molar-refractivity contribution >= 4 is 5.91 Å². The smallest absolute Gasteiger partial charge is 0.233 e. The molecule has 1 saturated heterocycles. The summed E-state index contributed by atoms with van der Waals surface area (Å²) >= 11 is 0. The van der Waals surface area contributed by atoms with Crippen LogP contribution in [-0.4, -0.2) is 50.7 Å². The molecule has 1 atom stereocenters. The van der Waals surface area contributed by atoms with Crippen molar-refractivity contribution in [3.63, 3.8) is 0 Å². The Kier molecular flexibility index (Phi) is 3.29. The summed E-state index contributed by atoms with van der Waals surface area (Å²) in [5.41, 5.74) is 1.32. The Morgan fingerprint density at radius 3 is 3.04 bits per heavy atom. The third-order valence-electron chi connectivity index (χ3n) is 5.72. The largest absolute Gasteiger partial charge is 0.493 e. The van der Waals surface area contributed by atoms with Gasteiger partial charge in [-0.15, -0.1) is 5.10 Å². The van der Waals surface area contributed by atoms with Crippen molar-refractivity contribution < 1.29 is 9.53 Å². The van der Waals surface area contributed by atoms with Crippen LogP contribution in [0.15, 0.2) is 24.3 Å². The van der Waals surface area contributed by atoms with Gasteiger partial charge in [0.1, 0.15) is 5.75 Å². The molecule has 25 heavy (non-hydrogen) atoms. The molecule has 5 rings (SSSR count). The number of carbonyl (C=O) groups is 1. The summed E-state index contributed by atoms with van der Waals surface area (Å²) in [6, 6.07) is 8.20. The number of ether oxygens (including phenoxy) is 1. The zero-order chi connectivity index (χ0) is 16.9. The highest BCUT2D eigenvalue weighted by Crippen LogP contribution is 2.42. The number of nitrogens with zero attached hydrogens (tertiary/aromatic N) is 5. The van der Waals surface area contributed by atoms with E-state index in [0.717, 1.165) is 56.9 Å². The zero-order valence-corrected chi connectivity index (χ0v) is 14.1. The number of para-hydroxylation sites is 1. The van der Waals surface area contributed by atoms with E-state index in [1.165, 1.54) is 5.56 Å². The summed E-state index contributed by atoms with van der Waals surface area (Å²) in [6.07, 6.45) is 3.87. The Hall–Kier alpha value is -2.44. The van der Waals surface area contributed by atoms with Gasteiger partial charge >= 0.3 is 0 Å². The minimum Gasteiger partial charge on any atom is -0.493 e. The van der Waals surface area contributed by atoms with Gasteiger partial charge in [0.2, 0.25) is 5.91 Å². The molecular weight excluding hydrogens is 318 g/mol. The number of amides is 1. The Balaban J connectivity index is 1.31. The van der Waals surface area contributed by atoms with Crippen LogP contribution in [0.1, 0.15) is 36.6 Å². The van der Waals surface area contributed by atoms with Gasteiger partial charge in [0.05, 0.1) is 12.5 Å². The molecular formula is C18H21N5O2. The van der Waals surface area contributed by atoms with Crippen molar-refractivity contribution in [2.24, 2.45) is 5.41 Å². The molecule has 0 radical (unpaired) electrons. The molecule has 1 amide bonds. The number of likely N-dealkylation sites (tertiary alicyclic amines) is 1. The molecule has 4 heterocycles. The Morgan fingerprint density at radius 1 is 1.24 bits per heavy atom. The molecule has 1 fully saturated rings. The number of aryl methyl sites for hydroxylation is 1. The van der Waals surface area contributed by atoms with E-state index in [9.17, 15) is 4.79 Å². The first-order valence-electron chi connectivity index (χ1n) is 9.00. The van der Waals surface area contributed by atoms with E-state index in [0.29, 0.717) is 6.61 Å². The van der Waals surface area contributed by atoms with E-state index in [1.54, 1.807) is 4.68 Å². The Bertz CT molecular complexity index is 811. The SMILES string of the molecule is O=C(C1CCCCn2nnnc21)N1CC2(COc3ccccc3C2)C1. The molecule has 1 aromatic carbocycles. The topological polar surface area (TPSA) is 73.1 Å². The van der Waals surface area contributed by atoms with Gasteiger partial charge in [-0.1, -0.05) is 24.6 Å². The predicted molar refractivity (Wildman–Crippen MR) is 89.1 cm³/mol. The quantitative estimate of drug-likeness (QED) is 0.785. The molecule has 3 aliphatic heterocycles. The van der Waals surface area contributed by atoms with Gasteiger partial charge in [-0.05, 0) is 41.3 Å². The van der Waals surface area contributed by atoms with E-state index < -0.39 is 0 Å². The molecule has 130 valence electrons. The fourth-order valence-electron chi connectivity index (χ4n) is 4.41. The van der Waals surface area contributed by atoms with Crippen LogP contribution < -0.4 is 4.74 Å². The van der Waals surface area contributed by atoms with E-state index in [2.05, 4.69) is 21.6 Å². The average Bonchev–Trinajstić information content (AvgIpc) is 2.98. The first-order valence-corrected chi connectivity index (χ1v) is 9.00. The lowest BCUT2D eigenvalue weighted by molar-refractivity contribution is -0.148. The molecule has 3 aliphatic rings. The van der Waals surface area contributed by atoms with Gasteiger partial charge in [0.15, 0.2) is 5.82 Å². The van der Waals surface area contributed by atoms with Crippen LogP contribution in [0.3, 0.4) is 0 Å². The Morgan fingerprint density at radius 2 is 2.12 bits per heavy atom. The lowest BCUT2D eigenvalue weighted by atomic mass is 9.73. The van der Waals surface area contributed by atoms with Crippen LogP contribution >= 0.6 is 0 Å². The van der Waals surface area contributed by atoms with Crippen molar-refractivity contribution in [3.05, 3.63) is 35.7 Å². The number of benzene rings is 1. The fraction of sp³-hybridized carbons (Fsp3) is 0.556. The van der Waals surface area contributed by atoms with Crippen LogP contribution in [0.4, 0.5) is 0 Å². The fourth-order valence-corrected chi connectivity index (χ4v) is 4.41. The minimum atomic E-state index is -0.202. The van der Waals surface area contributed by atoms with E-state index >= 15 is 0 Å². The third-order valence-corrected chi connectivity index (χ3v) is 5.72. The summed E-state index contributed by atoms with van der Waals surface area (Å²) in [5, 5.41) is 11.9. The van der Waals surface area contributed by atoms with E-state index in [1.807, 2.05) is 23.1 Å². The van der Waals surface area contributed by atoms with Crippen LogP contribution in [0.5, 0.6) is 5.75 Å². The molecule has 0 bridgehead atoms. The second kappa shape index (κ2) is 5.54. The van der Waals surface area contributed by atoms with Gasteiger partial charge < -0.3 is 9.64 Å². The number of aromatic nitrogens is 4. The monoisotopic (exact) mass is 339 g/mol. The highest BCUT2D eigenvalue weighted by Gasteiger charge is 2.49. The van der Waals surface area contributed by atoms with Crippen molar-refractivity contribution in [2.75, 3.05) is 19.7 Å². The maximum absolute atomic E-state index is 13.0. The molecule has 7 nitrogen and oxygen atoms in total. The first-order chi connectivity index (χ1) is 12.2. The standard InChI is InChI=1S/C18H21N5O2/c24-17(14-6-3-4-8-23-16(14)19-20-21-23)22-10-18(11-22)9-13-5-1-2-7-15(13)25-12-18/h1-2,5,7,14H,3-4,6,8-12H2. The highest BCUT2D eigenvalue weighted by atomic mass is 16.5. The summed E-state index contributed by atoms with van der Waals surface area (Å²) in [7, 11) is 0. The molecule has 0 saturated carbocycles. The van der Waals surface area contributed by atoms with Crippen LogP contribution in [0, 0.1) is 5.41 Å². The third kappa shape index (κ3) is 2.41. The average molecular weight is 339 g/mol. The van der Waals surface area contributed by atoms with Gasteiger partial charge in [0, 0.05) is 25.0 Å². The summed E-state index contributed by atoms with van der Waals surface area (Å²) in [5.74, 6) is 1.68. The van der Waals surface area contributed by atoms with Gasteiger partial charge in [0.25, 0.3) is 0 Å². The van der Waals surface area contributed by atoms with Crippen molar-refractivity contribution in [2.45, 2.75) is 38.1 Å². The van der Waals surface area contributed by atoms with Crippen molar-refractivity contribution in [3.8, 4) is 5.75 Å². The molecule has 7 heteroatoms. The van der Waals surface area contributed by atoms with E-state index in [4.69, 9.17) is 4.74 Å². The van der Waals surface area contributed by atoms with Crippen LogP contribution in [0.25, 0.3) is 0 Å². The summed E-state index contributed by atoms with van der Waals surface area (Å²) in [4.78, 5) is 15.0. The first kappa shape index (κ1) is 14.9. The normalized spacial score (nSPS) is 23.8. The number of carbonyl (C=O) groups excluding carboxylic acids is 1. The maximum Gasteiger partial charge on any atom is 0.233 e. The molecule has 0 N–H and O–H groups in total. The van der Waals surface area contributed by atoms with Crippen LogP contribution in [-0.2, 0) is 17.8 Å². The van der Waals surface area contributed by atoms with Gasteiger partial charge in [-0.25, -0.2) is 4.68 Å². The van der Waals surface area contributed by atoms with Gasteiger partial charge in [-0.3, -0.25) is 4.79 Å². The molecule has 2 aromatic rings. The van der Waals surface area contributed by atoms with Crippen molar-refractivity contribution in [1.29, 1.82) is 0 Å². The lowest BCUT2D eigenvalue weighted by Gasteiger charge is -2.52. The summed E-state index contributed by atoms with van der Waals surface area (Å²) < 4.78 is 7.74. The van der Waals surface area contributed by atoms with Crippen LogP contribution in [0.2, 0.25) is 0 Å². The number of rotatable bonds is 1. The molecule has 1 spiro atoms. The molecule has 0 aliphatic carbocycles. The lowest BCUT2D eigenvalue weighted by Crippen LogP contribution is -2.63. The van der Waals surface area contributed by atoms with Crippen molar-refractivity contribution in [1.82, 2.24) is 25.1 Å². The number of hydrogen-bond donors (Lipinski definition) is 0. The molecule has 1 unspecified atom stereocenters. The number of tetrazole rings is 1. The predicted octanol–water partition coefficient (Wildman–Crippen LogP) is 1.40. The highest BCUT2D eigenvalue weighted by molar-refractivity contribution is 5.83. The number of fused-ring (bicyclic) bond motifs is 2. The summed E-state index contributed by atoms with van der Waals surface area (Å²) in [6.45, 7) is 3.02. The zero-order valence-electron chi connectivity index (χ0n) is 14.1. The van der Waals surface area contributed by atoms with Gasteiger partial charge in [-0.2, -0.15) is 0 Å². The second-order valence-corrected chi connectivity index (χ2v) is 7.58. The molecule has 1 aromatic heterocycles. The minimum absolute atomic E-state index is 0.0701. The number of hydrogen-bond acceptors (Lipinski definition) is 5. The maximum atomic E-state index is 13.0. The second-order valence-electron chi connectivity index (χ2n) is 7.58. The van der Waals surface area contributed by atoms with E-state index in [-0.39, 0.29) is 17.2 Å².